The number of hydrogen-bond acceptors (Lipinski definition) is 0. The standard InChI is InChI=1S/C14H12.2C5H5.2Fe/c1-12(14-8-4-5-9-14)10-11-13-6-2-3-7-13;2*1-2-4-5-3-1;;/h2-11H,1H2;2*1-5H;;/q-2;2*-1;2*+2. The van der Waals surface area contributed by atoms with Crippen LogP contribution in [-0.4, -0.2) is 0 Å². The quantitative estimate of drug-likeness (QED) is 0.197. The van der Waals surface area contributed by atoms with Gasteiger partial charge in [-0.15, -0.1) is 47.6 Å². The fourth-order valence-electron chi connectivity index (χ4n) is 2.02. The van der Waals surface area contributed by atoms with Crippen molar-refractivity contribution in [2.24, 2.45) is 0 Å². The van der Waals surface area contributed by atoms with Crippen LogP contribution < -0.4 is 0 Å². The maximum Gasteiger partial charge on any atom is 2.00 e. The molecule has 0 N–H and O–H groups in total. The third-order valence-corrected chi connectivity index (χ3v) is 3.31. The van der Waals surface area contributed by atoms with Gasteiger partial charge in [-0.3, -0.25) is 0 Å². The molecule has 0 saturated carbocycles. The van der Waals surface area contributed by atoms with Crippen LogP contribution in [0.3, 0.4) is 0 Å². The van der Waals surface area contributed by atoms with Gasteiger partial charge < -0.3 is 0 Å². The van der Waals surface area contributed by atoms with Crippen molar-refractivity contribution in [1.29, 1.82) is 0 Å². The maximum absolute atomic E-state index is 4.01. The van der Waals surface area contributed by atoms with Gasteiger partial charge in [0.1, 0.15) is 0 Å². The third-order valence-electron chi connectivity index (χ3n) is 3.31. The van der Waals surface area contributed by atoms with Gasteiger partial charge in [0.25, 0.3) is 0 Å². The Bertz CT molecular complexity index is 693. The van der Waals surface area contributed by atoms with Gasteiger partial charge in [-0.2, -0.15) is 67.2 Å². The number of rotatable bonds is 3. The van der Waals surface area contributed by atoms with Crippen molar-refractivity contribution in [1.82, 2.24) is 0 Å². The molecule has 0 heterocycles. The average Bonchev–Trinajstić information content (AvgIpc) is 3.42. The molecule has 0 aliphatic rings. The Morgan fingerprint density at radius 3 is 1.46 bits per heavy atom. The van der Waals surface area contributed by atoms with Gasteiger partial charge in [-0.25, -0.2) is 24.3 Å². The Morgan fingerprint density at radius 2 is 1.08 bits per heavy atom. The first-order valence-corrected chi connectivity index (χ1v) is 8.00. The first-order valence-electron chi connectivity index (χ1n) is 8.00. The molecule has 4 rings (SSSR count). The van der Waals surface area contributed by atoms with Gasteiger partial charge in [-0.05, 0) is 0 Å². The minimum atomic E-state index is 0. The molecule has 0 aromatic heterocycles. The summed E-state index contributed by atoms with van der Waals surface area (Å²) < 4.78 is 0. The summed E-state index contributed by atoms with van der Waals surface area (Å²) in [6.07, 6.45) is 4.12. The van der Waals surface area contributed by atoms with Crippen LogP contribution >= 0.6 is 0 Å². The van der Waals surface area contributed by atoms with Gasteiger partial charge >= 0.3 is 34.1 Å². The van der Waals surface area contributed by atoms with Crippen LogP contribution in [0.4, 0.5) is 0 Å². The zero-order valence-electron chi connectivity index (χ0n) is 14.5. The second-order valence-corrected chi connectivity index (χ2v) is 5.17. The van der Waals surface area contributed by atoms with E-state index in [0.717, 1.165) is 5.57 Å². The first-order chi connectivity index (χ1) is 11.9. The first kappa shape index (κ1) is 23.9. The van der Waals surface area contributed by atoms with E-state index in [1.165, 1.54) is 11.1 Å². The van der Waals surface area contributed by atoms with Crippen molar-refractivity contribution in [2.45, 2.75) is 0 Å². The summed E-state index contributed by atoms with van der Waals surface area (Å²) in [5, 5.41) is 0. The molecule has 0 amide bonds. The van der Waals surface area contributed by atoms with E-state index in [0.29, 0.717) is 0 Å². The van der Waals surface area contributed by atoms with E-state index in [9.17, 15) is 0 Å². The van der Waals surface area contributed by atoms with Crippen molar-refractivity contribution < 1.29 is 34.1 Å². The molecule has 134 valence electrons. The molecule has 0 atom stereocenters. The predicted molar refractivity (Wildman–Crippen MR) is 106 cm³/mol. The van der Waals surface area contributed by atoms with Crippen LogP contribution in [0.5, 0.6) is 0 Å². The molecular weight excluding hydrogens is 400 g/mol. The molecule has 0 spiro atoms. The Hall–Kier alpha value is -2.08. The minimum Gasteiger partial charge on any atom is -0.214 e. The van der Waals surface area contributed by atoms with E-state index < -0.39 is 0 Å². The van der Waals surface area contributed by atoms with Gasteiger partial charge in [0, 0.05) is 0 Å². The summed E-state index contributed by atoms with van der Waals surface area (Å²) in [6, 6.07) is 36.4. The molecule has 0 unspecified atom stereocenters. The fraction of sp³-hybridized carbons (Fsp3) is 0. The number of allylic oxidation sites excluding steroid dienone is 2. The van der Waals surface area contributed by atoms with Gasteiger partial charge in [0.05, 0.1) is 0 Å². The van der Waals surface area contributed by atoms with Gasteiger partial charge in [0.15, 0.2) is 0 Å². The molecule has 0 saturated heterocycles. The maximum atomic E-state index is 4.01. The van der Waals surface area contributed by atoms with Crippen LogP contribution in [0, 0.1) is 0 Å². The Kier molecular flexibility index (Phi) is 14.0. The van der Waals surface area contributed by atoms with Crippen molar-refractivity contribution in [3.8, 4) is 0 Å². The molecule has 0 radical (unpaired) electrons. The van der Waals surface area contributed by atoms with Crippen LogP contribution in [0.15, 0.2) is 122 Å². The van der Waals surface area contributed by atoms with Crippen molar-refractivity contribution >= 4 is 11.6 Å². The summed E-state index contributed by atoms with van der Waals surface area (Å²) in [4.78, 5) is 0. The van der Waals surface area contributed by atoms with Crippen molar-refractivity contribution in [3.63, 3.8) is 0 Å². The summed E-state index contributed by atoms with van der Waals surface area (Å²) in [5.74, 6) is 0. The zero-order valence-corrected chi connectivity index (χ0v) is 16.7. The molecule has 4 aromatic carbocycles. The van der Waals surface area contributed by atoms with E-state index in [2.05, 4.69) is 36.9 Å². The van der Waals surface area contributed by atoms with E-state index in [1.54, 1.807) is 0 Å². The Morgan fingerprint density at radius 1 is 0.654 bits per heavy atom. The SMILES string of the molecule is C=C(C=C[c-]1cccc1)[c-]1cccc1.[Fe+2].[Fe+2].c1cc[cH-]c1.c1cc[cH-]c1. The van der Waals surface area contributed by atoms with E-state index >= 15 is 0 Å². The van der Waals surface area contributed by atoms with E-state index in [1.807, 2.05) is 91.0 Å². The predicted octanol–water partition coefficient (Wildman–Crippen LogP) is 6.66. The Labute approximate surface area is 178 Å². The molecule has 0 bridgehead atoms. The second-order valence-electron chi connectivity index (χ2n) is 5.17. The van der Waals surface area contributed by atoms with Crippen LogP contribution in [0.1, 0.15) is 11.1 Å². The second kappa shape index (κ2) is 15.2. The normalized spacial score (nSPS) is 8.92. The fourth-order valence-corrected chi connectivity index (χ4v) is 2.02. The van der Waals surface area contributed by atoms with Crippen molar-refractivity contribution in [3.05, 3.63) is 133 Å². The molecule has 0 aliphatic heterocycles. The van der Waals surface area contributed by atoms with E-state index in [4.69, 9.17) is 0 Å². The summed E-state index contributed by atoms with van der Waals surface area (Å²) in [6.45, 7) is 4.01. The van der Waals surface area contributed by atoms with Gasteiger partial charge in [-0.1, -0.05) is 5.56 Å². The molecule has 0 fully saturated rings. The third kappa shape index (κ3) is 10.0. The minimum absolute atomic E-state index is 0. The summed E-state index contributed by atoms with van der Waals surface area (Å²) in [5.41, 5.74) is 3.46. The smallest absolute Gasteiger partial charge is 0.214 e. The molecule has 0 nitrogen and oxygen atoms in total. The number of hydrogen-bond donors (Lipinski definition) is 0. The van der Waals surface area contributed by atoms with E-state index in [-0.39, 0.29) is 34.1 Å². The molecule has 2 heteroatoms. The zero-order chi connectivity index (χ0) is 16.9. The molecule has 4 aromatic rings. The molecule has 26 heavy (non-hydrogen) atoms. The largest absolute Gasteiger partial charge is 2.00 e. The van der Waals surface area contributed by atoms with Crippen LogP contribution in [-0.2, 0) is 34.1 Å². The monoisotopic (exact) mass is 422 g/mol. The van der Waals surface area contributed by atoms with Crippen LogP contribution in [0.25, 0.3) is 11.6 Å². The average molecular weight is 422 g/mol. The Balaban J connectivity index is 0.000000432. The molecular formula is C24H22Fe2. The van der Waals surface area contributed by atoms with Crippen molar-refractivity contribution in [2.75, 3.05) is 0 Å². The van der Waals surface area contributed by atoms with Crippen LogP contribution in [0.2, 0.25) is 0 Å². The van der Waals surface area contributed by atoms with Gasteiger partial charge in [0.2, 0.25) is 0 Å². The topological polar surface area (TPSA) is 0 Å². The molecule has 0 aliphatic carbocycles. The summed E-state index contributed by atoms with van der Waals surface area (Å²) >= 11 is 0. The summed E-state index contributed by atoms with van der Waals surface area (Å²) in [7, 11) is 0.